The van der Waals surface area contributed by atoms with Crippen molar-refractivity contribution < 1.29 is 14.3 Å². The number of nitrogens with one attached hydrogen (secondary N) is 2. The number of esters is 1. The van der Waals surface area contributed by atoms with E-state index in [-0.39, 0.29) is 11.9 Å². The highest BCUT2D eigenvalue weighted by atomic mass is 16.5. The van der Waals surface area contributed by atoms with Gasteiger partial charge in [-0.3, -0.25) is 4.79 Å². The second-order valence-corrected chi connectivity index (χ2v) is 6.18. The summed E-state index contributed by atoms with van der Waals surface area (Å²) in [4.78, 5) is 23.8. The highest BCUT2D eigenvalue weighted by molar-refractivity contribution is 5.93. The summed E-state index contributed by atoms with van der Waals surface area (Å²) in [5, 5.41) is 6.27. The van der Waals surface area contributed by atoms with Crippen LogP contribution in [0.25, 0.3) is 0 Å². The number of carbonyl (C=O) groups excluding carboxylic acids is 2. The summed E-state index contributed by atoms with van der Waals surface area (Å²) in [5.41, 5.74) is 4.82. The molecule has 0 fully saturated rings. The minimum Gasteiger partial charge on any atom is -0.462 e. The molecule has 0 heterocycles. The van der Waals surface area contributed by atoms with E-state index in [1.807, 2.05) is 0 Å². The van der Waals surface area contributed by atoms with Gasteiger partial charge in [0.15, 0.2) is 0 Å². The van der Waals surface area contributed by atoms with Gasteiger partial charge in [0.05, 0.1) is 12.2 Å². The molecule has 0 bridgehead atoms. The van der Waals surface area contributed by atoms with Gasteiger partial charge in [0.1, 0.15) is 0 Å². The Kier molecular flexibility index (Phi) is 7.86. The minimum atomic E-state index is -0.360. The summed E-state index contributed by atoms with van der Waals surface area (Å²) < 4.78 is 4.95. The van der Waals surface area contributed by atoms with Crippen molar-refractivity contribution in [1.29, 1.82) is 0 Å². The third-order valence-electron chi connectivity index (χ3n) is 4.33. The monoisotopic (exact) mass is 368 g/mol. The number of anilines is 2. The molecule has 2 rings (SSSR count). The van der Waals surface area contributed by atoms with E-state index in [1.165, 1.54) is 11.1 Å². The van der Waals surface area contributed by atoms with Gasteiger partial charge in [-0.05, 0) is 55.2 Å². The average molecular weight is 368 g/mol. The number of rotatable bonds is 9. The number of benzene rings is 2. The van der Waals surface area contributed by atoms with E-state index in [4.69, 9.17) is 4.74 Å². The molecule has 0 radical (unpaired) electrons. The van der Waals surface area contributed by atoms with Crippen molar-refractivity contribution in [3.05, 3.63) is 59.2 Å². The van der Waals surface area contributed by atoms with Crippen LogP contribution in [0.4, 0.5) is 11.4 Å². The van der Waals surface area contributed by atoms with Gasteiger partial charge in [-0.2, -0.15) is 0 Å². The number of amides is 1. The fourth-order valence-electron chi connectivity index (χ4n) is 2.90. The Morgan fingerprint density at radius 2 is 1.56 bits per heavy atom. The van der Waals surface area contributed by atoms with Gasteiger partial charge < -0.3 is 15.4 Å². The number of ether oxygens (including phenoxy) is 1. The van der Waals surface area contributed by atoms with Gasteiger partial charge in [-0.1, -0.05) is 32.0 Å². The molecule has 2 aromatic carbocycles. The standard InChI is InChI=1S/C22H28N2O3/c1-4-16-8-7-9-17(5-2)21(16)23-15-14-20(25)24-19-12-10-18(11-13-19)22(26)27-6-3/h7-13,23H,4-6,14-15H2,1-3H3,(H,24,25). The van der Waals surface area contributed by atoms with Crippen LogP contribution in [0.15, 0.2) is 42.5 Å². The van der Waals surface area contributed by atoms with Crippen molar-refractivity contribution in [3.8, 4) is 0 Å². The summed E-state index contributed by atoms with van der Waals surface area (Å²) >= 11 is 0. The van der Waals surface area contributed by atoms with E-state index in [0.717, 1.165) is 18.5 Å². The van der Waals surface area contributed by atoms with Crippen molar-refractivity contribution >= 4 is 23.3 Å². The first-order valence-electron chi connectivity index (χ1n) is 9.50. The smallest absolute Gasteiger partial charge is 0.338 e. The SMILES string of the molecule is CCOC(=O)c1ccc(NC(=O)CCNc2c(CC)cccc2CC)cc1. The number of para-hydroxylation sites is 1. The Balaban J connectivity index is 1.87. The molecular formula is C22H28N2O3. The normalized spacial score (nSPS) is 10.3. The van der Waals surface area contributed by atoms with Crippen molar-refractivity contribution in [1.82, 2.24) is 0 Å². The predicted molar refractivity (Wildman–Crippen MR) is 109 cm³/mol. The van der Waals surface area contributed by atoms with Gasteiger partial charge in [-0.25, -0.2) is 4.79 Å². The zero-order chi connectivity index (χ0) is 19.6. The minimum absolute atomic E-state index is 0.0709. The van der Waals surface area contributed by atoms with Crippen LogP contribution in [0, 0.1) is 0 Å². The van der Waals surface area contributed by atoms with Crippen LogP contribution in [0.3, 0.4) is 0 Å². The molecule has 0 saturated carbocycles. The topological polar surface area (TPSA) is 67.4 Å². The Hall–Kier alpha value is -2.82. The Bertz CT molecular complexity index is 747. The van der Waals surface area contributed by atoms with Crippen LogP contribution in [0.2, 0.25) is 0 Å². The number of hydrogen-bond acceptors (Lipinski definition) is 4. The van der Waals surface area contributed by atoms with Crippen LogP contribution < -0.4 is 10.6 Å². The van der Waals surface area contributed by atoms with Gasteiger partial charge in [0.25, 0.3) is 0 Å². The van der Waals surface area contributed by atoms with Crippen LogP contribution >= 0.6 is 0 Å². The van der Waals surface area contributed by atoms with E-state index in [0.29, 0.717) is 30.8 Å². The van der Waals surface area contributed by atoms with Gasteiger partial charge >= 0.3 is 5.97 Å². The highest BCUT2D eigenvalue weighted by Gasteiger charge is 2.09. The molecule has 0 unspecified atom stereocenters. The molecule has 0 aliphatic rings. The molecule has 0 spiro atoms. The molecule has 1 amide bonds. The lowest BCUT2D eigenvalue weighted by Crippen LogP contribution is -2.17. The fourth-order valence-corrected chi connectivity index (χ4v) is 2.90. The fraction of sp³-hybridized carbons (Fsp3) is 0.364. The summed E-state index contributed by atoms with van der Waals surface area (Å²) in [6.07, 6.45) is 2.27. The molecule has 2 aromatic rings. The lowest BCUT2D eigenvalue weighted by atomic mass is 10.0. The van der Waals surface area contributed by atoms with Crippen molar-refractivity contribution in [2.75, 3.05) is 23.8 Å². The van der Waals surface area contributed by atoms with Crippen LogP contribution in [0.1, 0.15) is 48.7 Å². The van der Waals surface area contributed by atoms with Crippen LogP contribution in [-0.2, 0) is 22.4 Å². The molecule has 5 heteroatoms. The van der Waals surface area contributed by atoms with Crippen molar-refractivity contribution in [3.63, 3.8) is 0 Å². The van der Waals surface area contributed by atoms with Gasteiger partial charge in [0, 0.05) is 24.3 Å². The quantitative estimate of drug-likeness (QED) is 0.643. The van der Waals surface area contributed by atoms with Gasteiger partial charge in [-0.15, -0.1) is 0 Å². The number of hydrogen-bond donors (Lipinski definition) is 2. The maximum atomic E-state index is 12.2. The van der Waals surface area contributed by atoms with Crippen molar-refractivity contribution in [2.45, 2.75) is 40.0 Å². The second-order valence-electron chi connectivity index (χ2n) is 6.18. The lowest BCUT2D eigenvalue weighted by Gasteiger charge is -2.15. The first kappa shape index (κ1) is 20.5. The number of carbonyl (C=O) groups is 2. The van der Waals surface area contributed by atoms with Crippen LogP contribution in [-0.4, -0.2) is 25.0 Å². The molecule has 0 saturated heterocycles. The lowest BCUT2D eigenvalue weighted by molar-refractivity contribution is -0.115. The van der Waals surface area contributed by atoms with E-state index in [1.54, 1.807) is 31.2 Å². The van der Waals surface area contributed by atoms with E-state index in [9.17, 15) is 9.59 Å². The largest absolute Gasteiger partial charge is 0.462 e. The highest BCUT2D eigenvalue weighted by Crippen LogP contribution is 2.22. The second kappa shape index (κ2) is 10.4. The summed E-state index contributed by atoms with van der Waals surface area (Å²) in [5.74, 6) is -0.431. The Morgan fingerprint density at radius 3 is 2.11 bits per heavy atom. The molecule has 27 heavy (non-hydrogen) atoms. The third kappa shape index (κ3) is 5.84. The maximum absolute atomic E-state index is 12.2. The zero-order valence-corrected chi connectivity index (χ0v) is 16.3. The molecule has 5 nitrogen and oxygen atoms in total. The molecule has 0 aromatic heterocycles. The third-order valence-corrected chi connectivity index (χ3v) is 4.33. The zero-order valence-electron chi connectivity index (χ0n) is 16.3. The van der Waals surface area contributed by atoms with E-state index >= 15 is 0 Å². The predicted octanol–water partition coefficient (Wildman–Crippen LogP) is 4.43. The molecule has 0 aliphatic carbocycles. The molecule has 2 N–H and O–H groups in total. The average Bonchev–Trinajstić information content (AvgIpc) is 2.68. The Morgan fingerprint density at radius 1 is 0.926 bits per heavy atom. The first-order valence-corrected chi connectivity index (χ1v) is 9.50. The van der Waals surface area contributed by atoms with Crippen molar-refractivity contribution in [2.24, 2.45) is 0 Å². The maximum Gasteiger partial charge on any atom is 0.338 e. The summed E-state index contributed by atoms with van der Waals surface area (Å²) in [6.45, 7) is 6.93. The number of aryl methyl sites for hydroxylation is 2. The van der Waals surface area contributed by atoms with E-state index < -0.39 is 0 Å². The summed E-state index contributed by atoms with van der Waals surface area (Å²) in [7, 11) is 0. The molecule has 0 atom stereocenters. The molecule has 144 valence electrons. The Labute approximate surface area is 161 Å². The first-order chi connectivity index (χ1) is 13.1. The van der Waals surface area contributed by atoms with E-state index in [2.05, 4.69) is 42.7 Å². The summed E-state index contributed by atoms with van der Waals surface area (Å²) in [6, 6.07) is 13.0. The molecular weight excluding hydrogens is 340 g/mol. The van der Waals surface area contributed by atoms with Crippen LogP contribution in [0.5, 0.6) is 0 Å². The molecule has 0 aliphatic heterocycles. The van der Waals surface area contributed by atoms with Gasteiger partial charge in [0.2, 0.25) is 5.91 Å².